The van der Waals surface area contributed by atoms with Crippen molar-refractivity contribution < 1.29 is 0 Å². The summed E-state index contributed by atoms with van der Waals surface area (Å²) in [5.74, 6) is 0. The van der Waals surface area contributed by atoms with Crippen molar-refractivity contribution in [2.75, 3.05) is 0 Å². The summed E-state index contributed by atoms with van der Waals surface area (Å²) in [6, 6.07) is 8.11. The molecule has 68 valence electrons. The maximum atomic E-state index is 4.52. The number of rotatable bonds is 1. The number of hydrogen-bond acceptors (Lipinski definition) is 2. The molecule has 0 spiro atoms. The Kier molecular flexibility index (Phi) is 1.64. The van der Waals surface area contributed by atoms with E-state index in [1.165, 1.54) is 5.56 Å². The third kappa shape index (κ3) is 1.14. The second kappa shape index (κ2) is 2.96. The van der Waals surface area contributed by atoms with E-state index in [-0.39, 0.29) is 0 Å². The van der Waals surface area contributed by atoms with Crippen LogP contribution in [0.3, 0.4) is 0 Å². The molecule has 2 nitrogen and oxygen atoms in total. The van der Waals surface area contributed by atoms with E-state index < -0.39 is 0 Å². The molecule has 14 heavy (non-hydrogen) atoms. The lowest BCUT2D eigenvalue weighted by Gasteiger charge is -1.86. The first kappa shape index (κ1) is 7.76. The highest BCUT2D eigenvalue weighted by molar-refractivity contribution is 7.08. The van der Waals surface area contributed by atoms with E-state index >= 15 is 0 Å². The van der Waals surface area contributed by atoms with Crippen molar-refractivity contribution in [3.05, 3.63) is 47.4 Å². The number of hydrogen-bond donors (Lipinski definition) is 0. The van der Waals surface area contributed by atoms with Gasteiger partial charge in [0.05, 0.1) is 5.69 Å². The Morgan fingerprint density at radius 3 is 3.00 bits per heavy atom. The maximum absolute atomic E-state index is 4.52. The minimum atomic E-state index is 0.994. The largest absolute Gasteiger partial charge is 0.306 e. The van der Waals surface area contributed by atoms with Gasteiger partial charge in [0.15, 0.2) is 0 Å². The van der Waals surface area contributed by atoms with Gasteiger partial charge in [0.2, 0.25) is 0 Å². The van der Waals surface area contributed by atoms with Gasteiger partial charge in [-0.1, -0.05) is 6.07 Å². The number of imidazole rings is 1. The highest BCUT2D eigenvalue weighted by Gasteiger charge is 2.02. The van der Waals surface area contributed by atoms with Gasteiger partial charge in [-0.25, -0.2) is 4.98 Å². The summed E-state index contributed by atoms with van der Waals surface area (Å²) in [7, 11) is 0. The number of aromatic nitrogens is 2. The predicted molar refractivity (Wildman–Crippen MR) is 58.5 cm³/mol. The molecule has 0 bridgehead atoms. The molecule has 3 aromatic rings. The zero-order chi connectivity index (χ0) is 9.38. The molecule has 0 unspecified atom stereocenters. The molecule has 3 aromatic heterocycles. The van der Waals surface area contributed by atoms with Crippen LogP contribution >= 0.6 is 11.3 Å². The standard InChI is InChI=1S/C11H8N2S/c1-2-5-13-7-10(12-11(13)3-1)9-4-6-14-8-9/h1-8H. The summed E-state index contributed by atoms with van der Waals surface area (Å²) in [4.78, 5) is 4.52. The fraction of sp³-hybridized carbons (Fsp3) is 0. The molecule has 0 N–H and O–H groups in total. The van der Waals surface area contributed by atoms with Crippen LogP contribution in [-0.4, -0.2) is 9.38 Å². The summed E-state index contributed by atoms with van der Waals surface area (Å²) in [5.41, 5.74) is 3.23. The second-order valence-corrected chi connectivity index (χ2v) is 3.88. The lowest BCUT2D eigenvalue weighted by molar-refractivity contribution is 1.19. The summed E-state index contributed by atoms with van der Waals surface area (Å²) in [5, 5.41) is 4.18. The molecule has 3 heteroatoms. The molecule has 0 saturated carbocycles. The normalized spacial score (nSPS) is 10.9. The van der Waals surface area contributed by atoms with Crippen LogP contribution in [-0.2, 0) is 0 Å². The Morgan fingerprint density at radius 1 is 1.21 bits per heavy atom. The third-order valence-corrected chi connectivity index (χ3v) is 2.86. The van der Waals surface area contributed by atoms with Crippen molar-refractivity contribution in [3.63, 3.8) is 0 Å². The molecule has 3 rings (SSSR count). The topological polar surface area (TPSA) is 17.3 Å². The first-order chi connectivity index (χ1) is 6.93. The van der Waals surface area contributed by atoms with Crippen LogP contribution in [0.5, 0.6) is 0 Å². The minimum absolute atomic E-state index is 0.994. The van der Waals surface area contributed by atoms with Gasteiger partial charge in [0, 0.05) is 23.3 Å². The van der Waals surface area contributed by atoms with Crippen molar-refractivity contribution in [1.29, 1.82) is 0 Å². The lowest BCUT2D eigenvalue weighted by atomic mass is 10.3. The van der Waals surface area contributed by atoms with Gasteiger partial charge in [-0.2, -0.15) is 11.3 Å². The van der Waals surface area contributed by atoms with E-state index in [4.69, 9.17) is 0 Å². The van der Waals surface area contributed by atoms with E-state index in [2.05, 4.69) is 28.0 Å². The molecule has 3 heterocycles. The van der Waals surface area contributed by atoms with Crippen LogP contribution in [0.25, 0.3) is 16.9 Å². The fourth-order valence-electron chi connectivity index (χ4n) is 1.48. The highest BCUT2D eigenvalue weighted by atomic mass is 32.1. The van der Waals surface area contributed by atoms with Crippen molar-refractivity contribution in [2.24, 2.45) is 0 Å². The molecule has 0 saturated heterocycles. The predicted octanol–water partition coefficient (Wildman–Crippen LogP) is 3.06. The molecule has 0 aliphatic heterocycles. The monoisotopic (exact) mass is 200 g/mol. The van der Waals surface area contributed by atoms with Crippen LogP contribution in [0.2, 0.25) is 0 Å². The van der Waals surface area contributed by atoms with Crippen molar-refractivity contribution >= 4 is 17.0 Å². The van der Waals surface area contributed by atoms with Crippen molar-refractivity contribution in [1.82, 2.24) is 9.38 Å². The van der Waals surface area contributed by atoms with Gasteiger partial charge in [-0.3, -0.25) is 0 Å². The van der Waals surface area contributed by atoms with Gasteiger partial charge in [-0.05, 0) is 23.6 Å². The molecule has 0 aliphatic rings. The summed E-state index contributed by atoms with van der Waals surface area (Å²) in [6.07, 6.45) is 4.07. The van der Waals surface area contributed by atoms with Crippen LogP contribution in [0, 0.1) is 0 Å². The van der Waals surface area contributed by atoms with Gasteiger partial charge >= 0.3 is 0 Å². The van der Waals surface area contributed by atoms with Crippen LogP contribution < -0.4 is 0 Å². The first-order valence-electron chi connectivity index (χ1n) is 4.40. The number of pyridine rings is 1. The van der Waals surface area contributed by atoms with Gasteiger partial charge in [0.25, 0.3) is 0 Å². The quantitative estimate of drug-likeness (QED) is 0.590. The molecule has 0 aromatic carbocycles. The van der Waals surface area contributed by atoms with Crippen molar-refractivity contribution in [2.45, 2.75) is 0 Å². The zero-order valence-electron chi connectivity index (χ0n) is 7.42. The molecule has 0 radical (unpaired) electrons. The van der Waals surface area contributed by atoms with E-state index in [0.29, 0.717) is 0 Å². The smallest absolute Gasteiger partial charge is 0.137 e. The Labute approximate surface area is 85.5 Å². The average molecular weight is 200 g/mol. The summed E-state index contributed by atoms with van der Waals surface area (Å²) >= 11 is 1.70. The van der Waals surface area contributed by atoms with E-state index in [1.807, 2.05) is 28.8 Å². The minimum Gasteiger partial charge on any atom is -0.306 e. The SMILES string of the molecule is c1ccn2cc(-c3ccsc3)nc2c1. The van der Waals surface area contributed by atoms with Gasteiger partial charge in [0.1, 0.15) is 5.65 Å². The van der Waals surface area contributed by atoms with Crippen LogP contribution in [0.4, 0.5) is 0 Å². The Bertz CT molecular complexity index is 518. The average Bonchev–Trinajstić information content (AvgIpc) is 2.86. The summed E-state index contributed by atoms with van der Waals surface area (Å²) in [6.45, 7) is 0. The Morgan fingerprint density at radius 2 is 2.21 bits per heavy atom. The molecular formula is C11H8N2S. The van der Waals surface area contributed by atoms with E-state index in [1.54, 1.807) is 11.3 Å². The maximum Gasteiger partial charge on any atom is 0.137 e. The van der Waals surface area contributed by atoms with Crippen molar-refractivity contribution in [3.8, 4) is 11.3 Å². The highest BCUT2D eigenvalue weighted by Crippen LogP contribution is 2.21. The van der Waals surface area contributed by atoms with Crippen LogP contribution in [0.1, 0.15) is 0 Å². The van der Waals surface area contributed by atoms with Gasteiger partial charge in [-0.15, -0.1) is 0 Å². The Balaban J connectivity index is 2.24. The third-order valence-electron chi connectivity index (χ3n) is 2.18. The Hall–Kier alpha value is -1.61. The summed E-state index contributed by atoms with van der Waals surface area (Å²) < 4.78 is 2.03. The lowest BCUT2D eigenvalue weighted by Crippen LogP contribution is -1.77. The fourth-order valence-corrected chi connectivity index (χ4v) is 2.13. The van der Waals surface area contributed by atoms with E-state index in [9.17, 15) is 0 Å². The molecule has 0 aliphatic carbocycles. The van der Waals surface area contributed by atoms with Gasteiger partial charge < -0.3 is 4.40 Å². The first-order valence-corrected chi connectivity index (χ1v) is 5.34. The number of thiophene rings is 1. The van der Waals surface area contributed by atoms with Crippen LogP contribution in [0.15, 0.2) is 47.4 Å². The number of nitrogens with zero attached hydrogens (tertiary/aromatic N) is 2. The molecule has 0 atom stereocenters. The molecule has 0 amide bonds. The molecular weight excluding hydrogens is 192 g/mol. The molecule has 0 fully saturated rings. The zero-order valence-corrected chi connectivity index (χ0v) is 8.24. The number of fused-ring (bicyclic) bond motifs is 1. The van der Waals surface area contributed by atoms with E-state index in [0.717, 1.165) is 11.3 Å². The second-order valence-electron chi connectivity index (χ2n) is 3.10.